The van der Waals surface area contributed by atoms with E-state index in [1.54, 1.807) is 12.2 Å². The molecule has 0 aromatic rings. The van der Waals surface area contributed by atoms with Gasteiger partial charge in [-0.05, 0) is 51.5 Å². The van der Waals surface area contributed by atoms with Gasteiger partial charge in [-0.3, -0.25) is 0 Å². The Kier molecular flexibility index (Phi) is 11.2. The normalized spacial score (nSPS) is 14.5. The first-order chi connectivity index (χ1) is 12.5. The molecule has 0 aromatic carbocycles. The molecule has 0 fully saturated rings. The van der Waals surface area contributed by atoms with E-state index < -0.39 is 11.6 Å². The smallest absolute Gasteiger partial charge is 0.397 e. The lowest BCUT2D eigenvalue weighted by Crippen LogP contribution is -2.34. The van der Waals surface area contributed by atoms with Crippen molar-refractivity contribution in [2.24, 2.45) is 11.3 Å². The summed E-state index contributed by atoms with van der Waals surface area (Å²) in [5, 5.41) is 3.03. The Morgan fingerprint density at radius 3 is 2.37 bits per heavy atom. The van der Waals surface area contributed by atoms with Crippen molar-refractivity contribution < 1.29 is 17.9 Å². The molecule has 0 saturated carbocycles. The summed E-state index contributed by atoms with van der Waals surface area (Å²) in [7, 11) is 0. The van der Waals surface area contributed by atoms with E-state index in [9.17, 15) is 13.2 Å². The van der Waals surface area contributed by atoms with Crippen molar-refractivity contribution in [2.75, 3.05) is 26.2 Å². The van der Waals surface area contributed by atoms with Gasteiger partial charge in [-0.2, -0.15) is 13.2 Å². The van der Waals surface area contributed by atoms with Crippen LogP contribution >= 0.6 is 0 Å². The molecule has 0 aliphatic rings. The van der Waals surface area contributed by atoms with Crippen molar-refractivity contribution in [2.45, 2.75) is 47.2 Å². The fraction of sp³-hybridized carbons (Fsp3) is 0.619. The van der Waals surface area contributed by atoms with Crippen LogP contribution in [0.25, 0.3) is 0 Å². The fourth-order valence-electron chi connectivity index (χ4n) is 2.18. The van der Waals surface area contributed by atoms with Crippen LogP contribution in [0.15, 0.2) is 49.1 Å². The van der Waals surface area contributed by atoms with Crippen molar-refractivity contribution in [1.29, 1.82) is 0 Å². The molecule has 156 valence electrons. The molecular formula is C21H35F3N2O. The zero-order chi connectivity index (χ0) is 21.1. The first kappa shape index (κ1) is 25.3. The van der Waals surface area contributed by atoms with E-state index in [0.717, 1.165) is 39.6 Å². The molecule has 0 aliphatic heterocycles. The Morgan fingerprint density at radius 1 is 1.26 bits per heavy atom. The molecular weight excluding hydrogens is 353 g/mol. The molecule has 1 atom stereocenters. The van der Waals surface area contributed by atoms with E-state index in [2.05, 4.69) is 37.2 Å². The second-order valence-electron chi connectivity index (χ2n) is 7.14. The van der Waals surface area contributed by atoms with Crippen LogP contribution < -0.4 is 5.32 Å². The van der Waals surface area contributed by atoms with Gasteiger partial charge in [0.05, 0.1) is 5.41 Å². The minimum absolute atomic E-state index is 0.129. The van der Waals surface area contributed by atoms with Crippen molar-refractivity contribution in [1.82, 2.24) is 10.2 Å². The third-order valence-electron chi connectivity index (χ3n) is 4.14. The van der Waals surface area contributed by atoms with Gasteiger partial charge in [0.2, 0.25) is 0 Å². The fourth-order valence-corrected chi connectivity index (χ4v) is 2.18. The number of nitrogens with one attached hydrogen (secondary N) is 1. The number of ether oxygens (including phenoxy) is 1. The molecule has 6 heteroatoms. The van der Waals surface area contributed by atoms with Crippen LogP contribution in [0.5, 0.6) is 0 Å². The summed E-state index contributed by atoms with van der Waals surface area (Å²) in [5.41, 5.74) is -2.00. The molecule has 0 spiro atoms. The maximum absolute atomic E-state index is 13.1. The van der Waals surface area contributed by atoms with Crippen LogP contribution in [0.3, 0.4) is 0 Å². The lowest BCUT2D eigenvalue weighted by atomic mass is 9.91. The van der Waals surface area contributed by atoms with Gasteiger partial charge in [0, 0.05) is 19.6 Å². The number of alkyl halides is 3. The molecule has 0 aliphatic carbocycles. The monoisotopic (exact) mass is 388 g/mol. The van der Waals surface area contributed by atoms with Gasteiger partial charge < -0.3 is 15.0 Å². The Morgan fingerprint density at radius 2 is 1.89 bits per heavy atom. The van der Waals surface area contributed by atoms with Crippen LogP contribution in [0.4, 0.5) is 13.2 Å². The largest absolute Gasteiger partial charge is 0.442 e. The summed E-state index contributed by atoms with van der Waals surface area (Å²) in [6, 6.07) is 0. The molecule has 3 nitrogen and oxygen atoms in total. The maximum atomic E-state index is 13.1. The number of hydrogen-bond donors (Lipinski definition) is 1. The Balaban J connectivity index is 4.83. The number of nitrogens with zero attached hydrogens (tertiary/aromatic N) is 1. The van der Waals surface area contributed by atoms with Crippen molar-refractivity contribution in [3.8, 4) is 0 Å². The standard InChI is InChI=1S/C21H35F3N2O/c1-8-11-12-19(15-20(6,7)21(22,23)24)27-18(5)25-13-14-26(10-3)16-17(4)9-2/h9,11-12,15,17,25H,2,5,8,10,13-14,16H2,1,3-4,6-7H3/b12-11-,19-15+. The molecule has 0 amide bonds. The van der Waals surface area contributed by atoms with Crippen molar-refractivity contribution in [3.63, 3.8) is 0 Å². The van der Waals surface area contributed by atoms with E-state index >= 15 is 0 Å². The zero-order valence-electron chi connectivity index (χ0n) is 17.3. The van der Waals surface area contributed by atoms with E-state index in [1.807, 2.05) is 13.0 Å². The first-order valence-corrected chi connectivity index (χ1v) is 9.38. The van der Waals surface area contributed by atoms with Crippen molar-refractivity contribution in [3.05, 3.63) is 49.1 Å². The second-order valence-corrected chi connectivity index (χ2v) is 7.14. The quantitative estimate of drug-likeness (QED) is 0.251. The van der Waals surface area contributed by atoms with Gasteiger partial charge >= 0.3 is 6.18 Å². The topological polar surface area (TPSA) is 24.5 Å². The van der Waals surface area contributed by atoms with Crippen molar-refractivity contribution >= 4 is 0 Å². The van der Waals surface area contributed by atoms with E-state index in [-0.39, 0.29) is 11.6 Å². The average Bonchev–Trinajstić information content (AvgIpc) is 2.57. The molecule has 0 radical (unpaired) electrons. The molecule has 27 heavy (non-hydrogen) atoms. The van der Waals surface area contributed by atoms with Gasteiger partial charge in [0.25, 0.3) is 0 Å². The Labute approximate surface area is 162 Å². The highest BCUT2D eigenvalue weighted by Crippen LogP contribution is 2.39. The summed E-state index contributed by atoms with van der Waals surface area (Å²) in [4.78, 5) is 2.26. The molecule has 0 saturated heterocycles. The van der Waals surface area contributed by atoms with Gasteiger partial charge in [-0.1, -0.05) is 32.9 Å². The third-order valence-corrected chi connectivity index (χ3v) is 4.14. The maximum Gasteiger partial charge on any atom is 0.397 e. The third kappa shape index (κ3) is 10.3. The molecule has 1 N–H and O–H groups in total. The van der Waals surface area contributed by atoms with Crippen LogP contribution in [-0.2, 0) is 4.74 Å². The lowest BCUT2D eigenvalue weighted by Gasteiger charge is -2.25. The van der Waals surface area contributed by atoms with Crippen LogP contribution in [-0.4, -0.2) is 37.3 Å². The predicted octanol–water partition coefficient (Wildman–Crippen LogP) is 5.65. The van der Waals surface area contributed by atoms with Crippen LogP contribution in [0.1, 0.15) is 41.0 Å². The number of likely N-dealkylation sites (N-methyl/N-ethyl adjacent to an activating group) is 1. The number of halogens is 3. The highest BCUT2D eigenvalue weighted by Gasteiger charge is 2.46. The minimum atomic E-state index is -4.36. The highest BCUT2D eigenvalue weighted by atomic mass is 19.4. The molecule has 0 heterocycles. The van der Waals surface area contributed by atoms with Crippen LogP contribution in [0.2, 0.25) is 0 Å². The minimum Gasteiger partial charge on any atom is -0.442 e. The number of allylic oxidation sites excluding steroid dienone is 3. The van der Waals surface area contributed by atoms with E-state index in [4.69, 9.17) is 4.74 Å². The van der Waals surface area contributed by atoms with Gasteiger partial charge in [0.1, 0.15) is 5.76 Å². The summed E-state index contributed by atoms with van der Waals surface area (Å²) in [6.07, 6.45) is 2.62. The first-order valence-electron chi connectivity index (χ1n) is 9.38. The number of hydrogen-bond acceptors (Lipinski definition) is 3. The van der Waals surface area contributed by atoms with E-state index in [0.29, 0.717) is 18.9 Å². The molecule has 0 bridgehead atoms. The average molecular weight is 389 g/mol. The molecule has 0 aromatic heterocycles. The summed E-state index contributed by atoms with van der Waals surface area (Å²) < 4.78 is 45.0. The predicted molar refractivity (Wildman–Crippen MR) is 107 cm³/mol. The van der Waals surface area contributed by atoms with Crippen LogP contribution in [0, 0.1) is 11.3 Å². The zero-order valence-corrected chi connectivity index (χ0v) is 17.3. The van der Waals surface area contributed by atoms with Gasteiger partial charge in [0.15, 0.2) is 5.88 Å². The summed E-state index contributed by atoms with van der Waals surface area (Å²) in [6.45, 7) is 19.0. The Bertz CT molecular complexity index is 522. The second kappa shape index (κ2) is 11.9. The lowest BCUT2D eigenvalue weighted by molar-refractivity contribution is -0.194. The SMILES string of the molecule is C=CC(C)CN(CC)CCNC(=C)OC(/C=C\CC)=C/C(C)(C)C(F)(F)F. The molecule has 0 rings (SSSR count). The number of rotatable bonds is 13. The summed E-state index contributed by atoms with van der Waals surface area (Å²) in [5.74, 6) is 0.750. The Hall–Kier alpha value is -1.69. The summed E-state index contributed by atoms with van der Waals surface area (Å²) >= 11 is 0. The van der Waals surface area contributed by atoms with Gasteiger partial charge in [-0.15, -0.1) is 6.58 Å². The van der Waals surface area contributed by atoms with Gasteiger partial charge in [-0.25, -0.2) is 0 Å². The molecule has 1 unspecified atom stereocenters. The van der Waals surface area contributed by atoms with E-state index in [1.165, 1.54) is 0 Å². The highest BCUT2D eigenvalue weighted by molar-refractivity contribution is 5.18.